The van der Waals surface area contributed by atoms with Crippen LogP contribution in [0.1, 0.15) is 22.3 Å². The Kier molecular flexibility index (Phi) is 4.22. The predicted molar refractivity (Wildman–Crippen MR) is 90.3 cm³/mol. The van der Waals surface area contributed by atoms with Crippen LogP contribution in [0.3, 0.4) is 0 Å². The molecular formula is C17H19NO5P+. The second-order valence-electron chi connectivity index (χ2n) is 5.86. The minimum Gasteiger partial charge on any atom is -0.435 e. The number of phosphoric ester groups is 1. The van der Waals surface area contributed by atoms with Gasteiger partial charge >= 0.3 is 7.82 Å². The van der Waals surface area contributed by atoms with Gasteiger partial charge in [0.1, 0.15) is 11.5 Å². The van der Waals surface area contributed by atoms with Crippen LogP contribution in [0, 0.1) is 20.8 Å². The Hall–Kier alpha value is -2.14. The number of hydrogen-bond donors (Lipinski definition) is 2. The van der Waals surface area contributed by atoms with Gasteiger partial charge in [-0.1, -0.05) is 12.1 Å². The molecule has 0 bridgehead atoms. The standard InChI is InChI=1S/C17H18NO5P/c1-11-5-4-6-14-9-18(10-22-17(11)14)15-7-12(2)16(13(3)8-15)23-24(19,20)21/h4-9H,10H2,1-3H3,(H-,19,20,21)/p+1. The van der Waals surface area contributed by atoms with Gasteiger partial charge in [0.05, 0.1) is 5.56 Å². The van der Waals surface area contributed by atoms with E-state index in [1.165, 1.54) is 0 Å². The van der Waals surface area contributed by atoms with Crippen molar-refractivity contribution < 1.29 is 28.2 Å². The molecule has 0 fully saturated rings. The van der Waals surface area contributed by atoms with Crippen molar-refractivity contribution in [3.05, 3.63) is 52.6 Å². The maximum atomic E-state index is 11.1. The molecule has 7 heteroatoms. The topological polar surface area (TPSA) is 79.0 Å². The molecule has 0 atom stereocenters. The minimum atomic E-state index is -4.58. The van der Waals surface area contributed by atoms with E-state index in [1.807, 2.05) is 48.0 Å². The summed E-state index contributed by atoms with van der Waals surface area (Å²) in [5.74, 6) is 1.09. The van der Waals surface area contributed by atoms with E-state index in [9.17, 15) is 4.57 Å². The lowest BCUT2D eigenvalue weighted by Crippen LogP contribution is -2.21. The first-order valence-electron chi connectivity index (χ1n) is 7.45. The molecule has 2 aromatic rings. The van der Waals surface area contributed by atoms with Gasteiger partial charge in [-0.3, -0.25) is 9.79 Å². The lowest BCUT2D eigenvalue weighted by Gasteiger charge is -2.17. The van der Waals surface area contributed by atoms with Crippen LogP contribution < -0.4 is 9.26 Å². The highest BCUT2D eigenvalue weighted by Crippen LogP contribution is 2.42. The molecule has 3 rings (SSSR count). The summed E-state index contributed by atoms with van der Waals surface area (Å²) in [7, 11) is -4.58. The van der Waals surface area contributed by atoms with Crippen molar-refractivity contribution in [2.45, 2.75) is 20.8 Å². The molecule has 0 unspecified atom stereocenters. The van der Waals surface area contributed by atoms with Gasteiger partial charge in [-0.25, -0.2) is 4.57 Å². The van der Waals surface area contributed by atoms with Gasteiger partial charge < -0.3 is 9.26 Å². The van der Waals surface area contributed by atoms with Gasteiger partial charge in [0.15, 0.2) is 6.21 Å². The zero-order valence-electron chi connectivity index (χ0n) is 13.7. The van der Waals surface area contributed by atoms with Gasteiger partial charge in [0, 0.05) is 12.1 Å². The third-order valence-electron chi connectivity index (χ3n) is 3.87. The number of aryl methyl sites for hydroxylation is 3. The van der Waals surface area contributed by atoms with Crippen LogP contribution in [0.2, 0.25) is 0 Å². The first-order chi connectivity index (χ1) is 11.2. The Balaban J connectivity index is 2.01. The molecule has 126 valence electrons. The number of rotatable bonds is 3. The van der Waals surface area contributed by atoms with Gasteiger partial charge in [-0.2, -0.15) is 4.58 Å². The molecule has 1 aliphatic heterocycles. The van der Waals surface area contributed by atoms with Gasteiger partial charge in [0.25, 0.3) is 6.73 Å². The summed E-state index contributed by atoms with van der Waals surface area (Å²) in [5.41, 5.74) is 4.25. The van der Waals surface area contributed by atoms with Gasteiger partial charge in [-0.15, -0.1) is 0 Å². The zero-order chi connectivity index (χ0) is 17.5. The molecule has 0 aliphatic carbocycles. The fourth-order valence-corrected chi connectivity index (χ4v) is 3.34. The maximum absolute atomic E-state index is 11.1. The summed E-state index contributed by atoms with van der Waals surface area (Å²) >= 11 is 0. The van der Waals surface area contributed by atoms with E-state index in [-0.39, 0.29) is 5.75 Å². The van der Waals surface area contributed by atoms with E-state index < -0.39 is 7.82 Å². The summed E-state index contributed by atoms with van der Waals surface area (Å²) in [4.78, 5) is 18.1. The van der Waals surface area contributed by atoms with Crippen LogP contribution >= 0.6 is 7.82 Å². The molecule has 1 heterocycles. The molecule has 0 aromatic heterocycles. The van der Waals surface area contributed by atoms with Crippen LogP contribution in [0.5, 0.6) is 11.5 Å². The molecule has 6 nitrogen and oxygen atoms in total. The van der Waals surface area contributed by atoms with Crippen molar-refractivity contribution in [1.82, 2.24) is 0 Å². The molecule has 24 heavy (non-hydrogen) atoms. The van der Waals surface area contributed by atoms with E-state index in [2.05, 4.69) is 0 Å². The number of phosphoric acid groups is 1. The fourth-order valence-electron chi connectivity index (χ4n) is 2.82. The number of ether oxygens (including phenoxy) is 1. The number of para-hydroxylation sites is 1. The number of hydrogen-bond acceptors (Lipinski definition) is 3. The van der Waals surface area contributed by atoms with E-state index in [0.29, 0.717) is 17.9 Å². The second kappa shape index (κ2) is 6.06. The third kappa shape index (κ3) is 3.36. The SMILES string of the molecule is Cc1cc([N+]2=Cc3cccc(C)c3OC2)cc(C)c1OP(=O)(O)O. The Labute approximate surface area is 140 Å². The second-order valence-corrected chi connectivity index (χ2v) is 7.02. The highest BCUT2D eigenvalue weighted by atomic mass is 31.2. The highest BCUT2D eigenvalue weighted by Gasteiger charge is 2.24. The van der Waals surface area contributed by atoms with Crippen LogP contribution in [0.25, 0.3) is 0 Å². The lowest BCUT2D eigenvalue weighted by molar-refractivity contribution is -0.476. The largest absolute Gasteiger partial charge is 0.524 e. The van der Waals surface area contributed by atoms with E-state index >= 15 is 0 Å². The van der Waals surface area contributed by atoms with Crippen molar-refractivity contribution in [1.29, 1.82) is 0 Å². The van der Waals surface area contributed by atoms with Crippen LogP contribution in [0.4, 0.5) is 5.69 Å². The van der Waals surface area contributed by atoms with E-state index in [0.717, 1.165) is 22.6 Å². The third-order valence-corrected chi connectivity index (χ3v) is 4.29. The molecule has 0 spiro atoms. The van der Waals surface area contributed by atoms with Crippen LogP contribution in [-0.2, 0) is 4.57 Å². The zero-order valence-corrected chi connectivity index (χ0v) is 14.6. The van der Waals surface area contributed by atoms with Crippen molar-refractivity contribution in [3.8, 4) is 11.5 Å². The van der Waals surface area contributed by atoms with Crippen molar-refractivity contribution in [2.75, 3.05) is 6.73 Å². The summed E-state index contributed by atoms with van der Waals surface area (Å²) in [6.45, 7) is 5.88. The van der Waals surface area contributed by atoms with Crippen LogP contribution in [0.15, 0.2) is 30.3 Å². The summed E-state index contributed by atoms with van der Waals surface area (Å²) in [6, 6.07) is 9.60. The number of benzene rings is 2. The molecule has 0 saturated carbocycles. The Morgan fingerprint density at radius 1 is 1.12 bits per heavy atom. The average Bonchev–Trinajstić information content (AvgIpc) is 2.50. The summed E-state index contributed by atoms with van der Waals surface area (Å²) in [6.07, 6.45) is 2.00. The maximum Gasteiger partial charge on any atom is 0.524 e. The summed E-state index contributed by atoms with van der Waals surface area (Å²) in [5, 5.41) is 0. The molecular weight excluding hydrogens is 329 g/mol. The molecule has 2 aromatic carbocycles. The van der Waals surface area contributed by atoms with Gasteiger partial charge in [-0.05, 0) is 43.5 Å². The first-order valence-corrected chi connectivity index (χ1v) is 8.98. The Morgan fingerprint density at radius 3 is 2.42 bits per heavy atom. The van der Waals surface area contributed by atoms with Crippen molar-refractivity contribution in [3.63, 3.8) is 0 Å². The first kappa shape index (κ1) is 16.7. The molecule has 0 radical (unpaired) electrons. The van der Waals surface area contributed by atoms with Crippen molar-refractivity contribution >= 4 is 19.7 Å². The van der Waals surface area contributed by atoms with E-state index in [4.69, 9.17) is 19.0 Å². The molecule has 0 amide bonds. The molecule has 0 saturated heterocycles. The van der Waals surface area contributed by atoms with E-state index in [1.54, 1.807) is 13.8 Å². The van der Waals surface area contributed by atoms with Crippen LogP contribution in [-0.4, -0.2) is 27.3 Å². The lowest BCUT2D eigenvalue weighted by atomic mass is 10.1. The minimum absolute atomic E-state index is 0.209. The average molecular weight is 348 g/mol. The monoisotopic (exact) mass is 348 g/mol. The normalized spacial score (nSPS) is 13.8. The Bertz CT molecular complexity index is 862. The number of fused-ring (bicyclic) bond motifs is 1. The molecule has 1 aliphatic rings. The number of nitrogens with zero attached hydrogens (tertiary/aromatic N) is 1. The van der Waals surface area contributed by atoms with Gasteiger partial charge in [0.2, 0.25) is 5.69 Å². The molecule has 2 N–H and O–H groups in total. The predicted octanol–water partition coefficient (Wildman–Crippen LogP) is 3.20. The van der Waals surface area contributed by atoms with Crippen molar-refractivity contribution in [2.24, 2.45) is 0 Å². The highest BCUT2D eigenvalue weighted by molar-refractivity contribution is 7.46. The summed E-state index contributed by atoms with van der Waals surface area (Å²) < 4.78 is 23.7. The smallest absolute Gasteiger partial charge is 0.435 e. The quantitative estimate of drug-likeness (QED) is 0.658. The Morgan fingerprint density at radius 2 is 1.79 bits per heavy atom. The fraction of sp³-hybridized carbons (Fsp3) is 0.235.